The van der Waals surface area contributed by atoms with Gasteiger partial charge in [-0.2, -0.15) is 0 Å². The molecule has 2 saturated heterocycles. The van der Waals surface area contributed by atoms with E-state index in [1.807, 2.05) is 49.3 Å². The lowest BCUT2D eigenvalue weighted by atomic mass is 9.74. The minimum absolute atomic E-state index is 0.0794. The summed E-state index contributed by atoms with van der Waals surface area (Å²) in [6, 6.07) is 15.2. The summed E-state index contributed by atoms with van der Waals surface area (Å²) in [5, 5.41) is 3.09. The quantitative estimate of drug-likeness (QED) is 0.589. The molecule has 1 unspecified atom stereocenters. The predicted molar refractivity (Wildman–Crippen MR) is 131 cm³/mol. The van der Waals surface area contributed by atoms with Gasteiger partial charge in [0.1, 0.15) is 11.4 Å². The van der Waals surface area contributed by atoms with Gasteiger partial charge in [0.05, 0.1) is 0 Å². The summed E-state index contributed by atoms with van der Waals surface area (Å²) >= 11 is 0. The minimum Gasteiger partial charge on any atom is -0.339 e. The lowest BCUT2D eigenvalue weighted by Gasteiger charge is -2.41. The SMILES string of the molecule is CN(C)CCN1C(=O)NC(CCc2ccccc2)(C2CCN(C(=O)c3ccc(F)cc3)CC2)C1=O. The molecule has 2 aliphatic heterocycles. The van der Waals surface area contributed by atoms with Crippen LogP contribution in [0.2, 0.25) is 0 Å². The van der Waals surface area contributed by atoms with Gasteiger partial charge in [-0.3, -0.25) is 14.5 Å². The number of piperidine rings is 1. The number of nitrogens with zero attached hydrogens (tertiary/aromatic N) is 3. The van der Waals surface area contributed by atoms with Gasteiger partial charge in [0.25, 0.3) is 11.8 Å². The third kappa shape index (κ3) is 5.37. The van der Waals surface area contributed by atoms with E-state index in [9.17, 15) is 18.8 Å². The van der Waals surface area contributed by atoms with Gasteiger partial charge in [-0.05, 0) is 75.5 Å². The third-order valence-corrected chi connectivity index (χ3v) is 7.19. The standard InChI is InChI=1S/C27H33FN4O3/c1-30(2)18-19-32-25(34)27(29-26(32)35,15-12-20-6-4-3-5-7-20)22-13-16-31(17-14-22)24(33)21-8-10-23(28)11-9-21/h3-11,22H,12-19H2,1-2H3,(H,29,35). The van der Waals surface area contributed by atoms with Crippen molar-refractivity contribution in [3.8, 4) is 0 Å². The molecule has 186 valence electrons. The van der Waals surface area contributed by atoms with Crippen LogP contribution in [0.3, 0.4) is 0 Å². The largest absolute Gasteiger partial charge is 0.339 e. The highest BCUT2D eigenvalue weighted by Gasteiger charge is 2.55. The topological polar surface area (TPSA) is 73.0 Å². The van der Waals surface area contributed by atoms with E-state index in [1.165, 1.54) is 29.2 Å². The molecule has 35 heavy (non-hydrogen) atoms. The second-order valence-electron chi connectivity index (χ2n) is 9.72. The number of aryl methyl sites for hydroxylation is 1. The van der Waals surface area contributed by atoms with Gasteiger partial charge in [-0.1, -0.05) is 30.3 Å². The lowest BCUT2D eigenvalue weighted by molar-refractivity contribution is -0.134. The monoisotopic (exact) mass is 480 g/mol. The van der Waals surface area contributed by atoms with E-state index in [-0.39, 0.29) is 29.6 Å². The summed E-state index contributed by atoms with van der Waals surface area (Å²) in [5.74, 6) is -0.765. The van der Waals surface area contributed by atoms with Crippen molar-refractivity contribution in [3.63, 3.8) is 0 Å². The third-order valence-electron chi connectivity index (χ3n) is 7.19. The van der Waals surface area contributed by atoms with Crippen LogP contribution in [0.1, 0.15) is 35.2 Å². The Morgan fingerprint density at radius 3 is 2.34 bits per heavy atom. The highest BCUT2D eigenvalue weighted by atomic mass is 19.1. The molecule has 0 bridgehead atoms. The van der Waals surface area contributed by atoms with Crippen LogP contribution in [0, 0.1) is 11.7 Å². The van der Waals surface area contributed by atoms with Crippen molar-refractivity contribution in [2.75, 3.05) is 40.3 Å². The lowest BCUT2D eigenvalue weighted by Crippen LogP contribution is -2.57. The molecule has 2 aromatic rings. The van der Waals surface area contributed by atoms with Crippen LogP contribution in [-0.2, 0) is 11.2 Å². The Morgan fingerprint density at radius 2 is 1.71 bits per heavy atom. The number of hydrogen-bond acceptors (Lipinski definition) is 4. The molecule has 1 N–H and O–H groups in total. The first-order valence-electron chi connectivity index (χ1n) is 12.2. The second-order valence-corrected chi connectivity index (χ2v) is 9.72. The molecule has 0 aliphatic carbocycles. The van der Waals surface area contributed by atoms with Crippen LogP contribution in [0.25, 0.3) is 0 Å². The highest BCUT2D eigenvalue weighted by molar-refractivity contribution is 6.07. The number of carbonyl (C=O) groups excluding carboxylic acids is 3. The summed E-state index contributed by atoms with van der Waals surface area (Å²) in [7, 11) is 3.82. The molecule has 4 rings (SSSR count). The number of imide groups is 1. The first-order chi connectivity index (χ1) is 16.8. The van der Waals surface area contributed by atoms with Crippen LogP contribution >= 0.6 is 0 Å². The van der Waals surface area contributed by atoms with Crippen molar-refractivity contribution in [2.24, 2.45) is 5.92 Å². The molecule has 8 heteroatoms. The predicted octanol–water partition coefficient (Wildman–Crippen LogP) is 3.16. The number of likely N-dealkylation sites (tertiary alicyclic amines) is 1. The van der Waals surface area contributed by atoms with Crippen molar-refractivity contribution in [1.82, 2.24) is 20.0 Å². The zero-order valence-electron chi connectivity index (χ0n) is 20.4. The molecule has 7 nitrogen and oxygen atoms in total. The van der Waals surface area contributed by atoms with Crippen LogP contribution < -0.4 is 5.32 Å². The molecule has 2 aromatic carbocycles. The fraction of sp³-hybridized carbons (Fsp3) is 0.444. The Hall–Kier alpha value is -3.26. The molecule has 1 atom stereocenters. The number of nitrogens with one attached hydrogen (secondary N) is 1. The zero-order valence-corrected chi connectivity index (χ0v) is 20.4. The highest BCUT2D eigenvalue weighted by Crippen LogP contribution is 2.37. The van der Waals surface area contributed by atoms with E-state index in [2.05, 4.69) is 5.32 Å². The van der Waals surface area contributed by atoms with Crippen LogP contribution in [-0.4, -0.2) is 78.4 Å². The smallest absolute Gasteiger partial charge is 0.325 e. The number of carbonyl (C=O) groups is 3. The van der Waals surface area contributed by atoms with E-state index in [1.54, 1.807) is 4.90 Å². The van der Waals surface area contributed by atoms with Crippen molar-refractivity contribution < 1.29 is 18.8 Å². The van der Waals surface area contributed by atoms with Gasteiger partial charge in [0, 0.05) is 31.7 Å². The molecule has 0 spiro atoms. The number of likely N-dealkylation sites (N-methyl/N-ethyl adjacent to an activating group) is 1. The van der Waals surface area contributed by atoms with Gasteiger partial charge in [0.2, 0.25) is 0 Å². The molecular weight excluding hydrogens is 447 g/mol. The van der Waals surface area contributed by atoms with Crippen molar-refractivity contribution in [2.45, 2.75) is 31.2 Å². The summed E-state index contributed by atoms with van der Waals surface area (Å²) in [6.45, 7) is 1.90. The van der Waals surface area contributed by atoms with Crippen molar-refractivity contribution in [1.29, 1.82) is 0 Å². The van der Waals surface area contributed by atoms with Crippen LogP contribution in [0.4, 0.5) is 9.18 Å². The molecule has 0 radical (unpaired) electrons. The Bertz CT molecular complexity index is 1050. The number of rotatable bonds is 8. The maximum Gasteiger partial charge on any atom is 0.325 e. The summed E-state index contributed by atoms with van der Waals surface area (Å²) in [6.07, 6.45) is 2.39. The minimum atomic E-state index is -0.982. The van der Waals surface area contributed by atoms with Gasteiger partial charge in [0.15, 0.2) is 0 Å². The van der Waals surface area contributed by atoms with E-state index >= 15 is 0 Å². The number of urea groups is 1. The van der Waals surface area contributed by atoms with Gasteiger partial charge >= 0.3 is 6.03 Å². The fourth-order valence-electron chi connectivity index (χ4n) is 5.13. The zero-order chi connectivity index (χ0) is 25.0. The molecule has 4 amide bonds. The Morgan fingerprint density at radius 1 is 1.06 bits per heavy atom. The number of hydrogen-bond donors (Lipinski definition) is 1. The molecule has 0 aromatic heterocycles. The molecule has 0 saturated carbocycles. The molecule has 2 heterocycles. The van der Waals surface area contributed by atoms with Crippen molar-refractivity contribution in [3.05, 3.63) is 71.5 Å². The summed E-state index contributed by atoms with van der Waals surface area (Å²) < 4.78 is 13.3. The Balaban J connectivity index is 1.51. The summed E-state index contributed by atoms with van der Waals surface area (Å²) in [4.78, 5) is 44.6. The van der Waals surface area contributed by atoms with Crippen LogP contribution in [0.15, 0.2) is 54.6 Å². The number of amides is 4. The molecule has 2 fully saturated rings. The number of halogens is 1. The second kappa shape index (κ2) is 10.6. The van der Waals surface area contributed by atoms with E-state index in [0.717, 1.165) is 5.56 Å². The van der Waals surface area contributed by atoms with Crippen LogP contribution in [0.5, 0.6) is 0 Å². The maximum absolute atomic E-state index is 13.7. The van der Waals surface area contributed by atoms with E-state index < -0.39 is 5.54 Å². The van der Waals surface area contributed by atoms with Gasteiger partial charge < -0.3 is 15.1 Å². The van der Waals surface area contributed by atoms with E-state index in [4.69, 9.17) is 0 Å². The number of benzene rings is 2. The average molecular weight is 481 g/mol. The normalized spacial score (nSPS) is 21.0. The maximum atomic E-state index is 13.7. The van der Waals surface area contributed by atoms with Gasteiger partial charge in [-0.25, -0.2) is 9.18 Å². The van der Waals surface area contributed by atoms with Gasteiger partial charge in [-0.15, -0.1) is 0 Å². The summed E-state index contributed by atoms with van der Waals surface area (Å²) in [5.41, 5.74) is 0.581. The molecular formula is C27H33FN4O3. The first-order valence-corrected chi connectivity index (χ1v) is 12.2. The average Bonchev–Trinajstić information content (AvgIpc) is 3.11. The first kappa shape index (κ1) is 24.9. The Kier molecular flexibility index (Phi) is 7.50. The van der Waals surface area contributed by atoms with Crippen molar-refractivity contribution >= 4 is 17.8 Å². The Labute approximate surface area is 205 Å². The van der Waals surface area contributed by atoms with E-state index in [0.29, 0.717) is 57.4 Å². The fourth-order valence-corrected chi connectivity index (χ4v) is 5.13. The molecule has 2 aliphatic rings.